The number of hydrogen-bond donors (Lipinski definition) is 2. The summed E-state index contributed by atoms with van der Waals surface area (Å²) in [5.74, 6) is -2.93. The number of rotatable bonds is 5. The molecule has 0 amide bonds. The third kappa shape index (κ3) is 4.59. The highest BCUT2D eigenvalue weighted by molar-refractivity contribution is 7.22. The maximum Gasteiger partial charge on any atom is 0.319 e. The van der Waals surface area contributed by atoms with Gasteiger partial charge in [0, 0.05) is 55.2 Å². The van der Waals surface area contributed by atoms with Crippen LogP contribution in [-0.2, 0) is 0 Å². The van der Waals surface area contributed by atoms with Gasteiger partial charge in [-0.1, -0.05) is 35.1 Å². The number of nitrogens with zero attached hydrogens (tertiary/aromatic N) is 5. The van der Waals surface area contributed by atoms with Gasteiger partial charge in [0.2, 0.25) is 0 Å². The number of benzene rings is 2. The summed E-state index contributed by atoms with van der Waals surface area (Å²) in [6.45, 7) is 2.35. The summed E-state index contributed by atoms with van der Waals surface area (Å²) in [5.41, 5.74) is 7.16. The van der Waals surface area contributed by atoms with Gasteiger partial charge in [0.1, 0.15) is 17.9 Å². The van der Waals surface area contributed by atoms with E-state index in [4.69, 9.17) is 22.1 Å². The number of thiazole rings is 1. The molecule has 3 N–H and O–H groups in total. The maximum absolute atomic E-state index is 16.4. The molecule has 0 aliphatic carbocycles. The number of likely N-dealkylation sites (N-methyl/N-ethyl adjacent to an activating group) is 1. The van der Waals surface area contributed by atoms with Crippen LogP contribution in [0.15, 0.2) is 24.3 Å². The minimum Gasteiger partial charge on any atom is -0.462 e. The molecule has 0 spiro atoms. The molecule has 4 heterocycles. The maximum atomic E-state index is 16.4. The number of anilines is 2. The lowest BCUT2D eigenvalue weighted by Crippen LogP contribution is -2.44. The van der Waals surface area contributed by atoms with Crippen molar-refractivity contribution in [3.63, 3.8) is 0 Å². The van der Waals surface area contributed by atoms with E-state index in [9.17, 15) is 8.78 Å². The first-order chi connectivity index (χ1) is 18.2. The Morgan fingerprint density at radius 2 is 2.00 bits per heavy atom. The Hall–Kier alpha value is -2.93. The third-order valence-corrected chi connectivity index (χ3v) is 8.15. The molecule has 0 radical (unpaired) electrons. The summed E-state index contributed by atoms with van der Waals surface area (Å²) < 4.78 is 50.8. The van der Waals surface area contributed by atoms with Gasteiger partial charge in [-0.2, -0.15) is 9.97 Å². The molecule has 2 aromatic heterocycles. The smallest absolute Gasteiger partial charge is 0.319 e. The second-order valence-electron chi connectivity index (χ2n) is 9.65. The van der Waals surface area contributed by atoms with Gasteiger partial charge in [0.25, 0.3) is 5.92 Å². The van der Waals surface area contributed by atoms with Crippen LogP contribution in [0, 0.1) is 5.82 Å². The van der Waals surface area contributed by atoms with E-state index in [1.165, 1.54) is 11.3 Å². The van der Waals surface area contributed by atoms with Gasteiger partial charge in [0.15, 0.2) is 10.9 Å². The van der Waals surface area contributed by atoms with Crippen LogP contribution in [0.3, 0.4) is 0 Å². The first-order valence-corrected chi connectivity index (χ1v) is 13.4. The molecule has 2 aliphatic heterocycles. The van der Waals surface area contributed by atoms with Crippen LogP contribution in [0.4, 0.5) is 24.1 Å². The monoisotopic (exact) mass is 563 g/mol. The van der Waals surface area contributed by atoms with E-state index in [0.717, 1.165) is 17.8 Å². The molecule has 13 heteroatoms. The molecule has 1 atom stereocenters. The Labute approximate surface area is 225 Å². The minimum atomic E-state index is -2.78. The van der Waals surface area contributed by atoms with Crippen LogP contribution in [0.1, 0.15) is 6.42 Å². The quantitative estimate of drug-likeness (QED) is 0.369. The largest absolute Gasteiger partial charge is 0.462 e. The van der Waals surface area contributed by atoms with Crippen molar-refractivity contribution in [1.82, 2.24) is 25.2 Å². The predicted molar refractivity (Wildman–Crippen MR) is 144 cm³/mol. The Morgan fingerprint density at radius 3 is 2.74 bits per heavy atom. The molecule has 2 fully saturated rings. The summed E-state index contributed by atoms with van der Waals surface area (Å²) in [6.07, 6.45) is -0.323. The number of halogens is 4. The summed E-state index contributed by atoms with van der Waals surface area (Å²) in [5, 5.41) is 4.29. The minimum absolute atomic E-state index is 0.0354. The van der Waals surface area contributed by atoms with Gasteiger partial charge >= 0.3 is 6.01 Å². The number of likely N-dealkylation sites (tertiary alicyclic amines) is 1. The fourth-order valence-electron chi connectivity index (χ4n) is 5.17. The number of piperazine rings is 1. The average molecular weight is 564 g/mol. The van der Waals surface area contributed by atoms with Gasteiger partial charge in [0.05, 0.1) is 21.8 Å². The van der Waals surface area contributed by atoms with Gasteiger partial charge in [-0.15, -0.1) is 0 Å². The average Bonchev–Trinajstić information content (AvgIpc) is 3.40. The summed E-state index contributed by atoms with van der Waals surface area (Å²) in [7, 11) is 1.63. The van der Waals surface area contributed by atoms with E-state index in [-0.39, 0.29) is 41.7 Å². The highest BCUT2D eigenvalue weighted by atomic mass is 35.5. The van der Waals surface area contributed by atoms with Gasteiger partial charge in [-0.05, 0) is 19.2 Å². The standard InChI is InChI=1S/C25H25ClF3N7OS/c1-35-12-25(28,29)10-13(35)11-37-24-33-21-15(22(34-24)36-7-5-31-6-8-36)9-16(26)18(19(21)27)14-3-2-4-17-20(14)32-23(30)38-17/h2-4,9,13,31H,5-8,10-12H2,1H3,(H2,30,32)/t13-/m0/s1. The summed E-state index contributed by atoms with van der Waals surface area (Å²) in [4.78, 5) is 17.0. The second-order valence-corrected chi connectivity index (χ2v) is 11.1. The number of nitrogens with two attached hydrogens (primary N) is 1. The van der Waals surface area contributed by atoms with Gasteiger partial charge in [-0.25, -0.2) is 18.2 Å². The lowest BCUT2D eigenvalue weighted by atomic mass is 10.0. The highest BCUT2D eigenvalue weighted by Gasteiger charge is 2.43. The van der Waals surface area contributed by atoms with Crippen LogP contribution in [0.2, 0.25) is 5.02 Å². The molecule has 2 aliphatic rings. The van der Waals surface area contributed by atoms with Crippen LogP contribution in [0.25, 0.3) is 32.2 Å². The summed E-state index contributed by atoms with van der Waals surface area (Å²) in [6, 6.07) is 6.48. The number of aromatic nitrogens is 3. The van der Waals surface area contributed by atoms with Crippen molar-refractivity contribution in [2.24, 2.45) is 0 Å². The molecule has 0 saturated carbocycles. The van der Waals surface area contributed by atoms with Crippen LogP contribution in [0.5, 0.6) is 6.01 Å². The van der Waals surface area contributed by atoms with Crippen LogP contribution < -0.4 is 20.7 Å². The number of hydrogen-bond acceptors (Lipinski definition) is 9. The molecular formula is C25H25ClF3N7OS. The third-order valence-electron chi connectivity index (χ3n) is 7.01. The Bertz CT molecular complexity index is 1530. The van der Waals surface area contributed by atoms with E-state index in [1.807, 2.05) is 11.0 Å². The fraction of sp³-hybridized carbons (Fsp3) is 0.400. The Balaban J connectivity index is 1.47. The van der Waals surface area contributed by atoms with E-state index < -0.39 is 17.8 Å². The normalized spacial score (nSPS) is 20.0. The van der Waals surface area contributed by atoms with Gasteiger partial charge < -0.3 is 20.7 Å². The zero-order valence-electron chi connectivity index (χ0n) is 20.5. The lowest BCUT2D eigenvalue weighted by Gasteiger charge is -2.29. The Morgan fingerprint density at radius 1 is 1.21 bits per heavy atom. The number of alkyl halides is 2. The molecule has 8 nitrogen and oxygen atoms in total. The zero-order valence-corrected chi connectivity index (χ0v) is 22.1. The topological polar surface area (TPSA) is 92.4 Å². The molecule has 200 valence electrons. The number of nitrogen functional groups attached to an aromatic ring is 1. The molecule has 38 heavy (non-hydrogen) atoms. The fourth-order valence-corrected chi connectivity index (χ4v) is 6.23. The summed E-state index contributed by atoms with van der Waals surface area (Å²) >= 11 is 8.01. The number of para-hydroxylation sites is 1. The van der Waals surface area contributed by atoms with E-state index in [2.05, 4.69) is 20.3 Å². The second kappa shape index (κ2) is 9.67. The number of fused-ring (bicyclic) bond motifs is 2. The van der Waals surface area contributed by atoms with Crippen molar-refractivity contribution >= 4 is 55.0 Å². The van der Waals surface area contributed by atoms with E-state index in [0.29, 0.717) is 40.5 Å². The Kier molecular flexibility index (Phi) is 6.45. The highest BCUT2D eigenvalue weighted by Crippen LogP contribution is 2.42. The van der Waals surface area contributed by atoms with E-state index in [1.54, 1.807) is 30.1 Å². The first-order valence-electron chi connectivity index (χ1n) is 12.2. The number of ether oxygens (including phenoxy) is 1. The zero-order chi connectivity index (χ0) is 26.6. The SMILES string of the molecule is CN1CC(F)(F)C[C@H]1COc1nc(N2CCNCC2)c2cc(Cl)c(-c3cccc4sc(N)nc34)c(F)c2n1. The predicted octanol–water partition coefficient (Wildman–Crippen LogP) is 4.41. The molecule has 2 saturated heterocycles. The molecule has 2 aromatic carbocycles. The molecular weight excluding hydrogens is 539 g/mol. The molecule has 6 rings (SSSR count). The van der Waals surface area contributed by atoms with Crippen molar-refractivity contribution in [2.75, 3.05) is 57.0 Å². The molecule has 0 bridgehead atoms. The lowest BCUT2D eigenvalue weighted by molar-refractivity contribution is 0.0136. The van der Waals surface area contributed by atoms with Crippen LogP contribution in [-0.4, -0.2) is 78.2 Å². The van der Waals surface area contributed by atoms with Crippen molar-refractivity contribution < 1.29 is 17.9 Å². The molecule has 0 unspecified atom stereocenters. The van der Waals surface area contributed by atoms with Gasteiger partial charge in [-0.3, -0.25) is 4.90 Å². The van der Waals surface area contributed by atoms with E-state index >= 15 is 4.39 Å². The van der Waals surface area contributed by atoms with Crippen molar-refractivity contribution in [1.29, 1.82) is 0 Å². The van der Waals surface area contributed by atoms with Crippen molar-refractivity contribution in [3.05, 3.63) is 35.1 Å². The first kappa shape index (κ1) is 25.4. The van der Waals surface area contributed by atoms with Crippen molar-refractivity contribution in [3.8, 4) is 17.1 Å². The molecule has 4 aromatic rings. The number of nitrogens with one attached hydrogen (secondary N) is 1. The van der Waals surface area contributed by atoms with Crippen molar-refractivity contribution in [2.45, 2.75) is 18.4 Å². The van der Waals surface area contributed by atoms with Crippen LogP contribution >= 0.6 is 22.9 Å².